The Hall–Kier alpha value is -2.83. The van der Waals surface area contributed by atoms with Gasteiger partial charge in [0.25, 0.3) is 0 Å². The molecule has 31 heavy (non-hydrogen) atoms. The number of halogens is 1. The number of sulfonamides is 1. The zero-order chi connectivity index (χ0) is 22.6. The molecule has 1 amide bonds. The Bertz CT molecular complexity index is 1030. The van der Waals surface area contributed by atoms with E-state index in [4.69, 9.17) is 14.6 Å². The van der Waals surface area contributed by atoms with Crippen molar-refractivity contribution >= 4 is 27.8 Å². The number of nitrogens with zero attached hydrogens (tertiary/aromatic N) is 2. The highest BCUT2D eigenvalue weighted by Crippen LogP contribution is 2.30. The minimum absolute atomic E-state index is 0.00181. The summed E-state index contributed by atoms with van der Waals surface area (Å²) in [5.74, 6) is -0.696. The fraction of sp³-hybridized carbons (Fsp3) is 0.421. The zero-order valence-corrected chi connectivity index (χ0v) is 17.9. The van der Waals surface area contributed by atoms with Crippen molar-refractivity contribution in [1.29, 1.82) is 0 Å². The van der Waals surface area contributed by atoms with Crippen LogP contribution in [0.4, 0.5) is 20.8 Å². The number of nitrogens with one attached hydrogen (secondary N) is 2. The van der Waals surface area contributed by atoms with Gasteiger partial charge in [-0.15, -0.1) is 0 Å². The van der Waals surface area contributed by atoms with Crippen LogP contribution in [-0.2, 0) is 19.5 Å². The molecular weight excluding hydrogens is 429 g/mol. The van der Waals surface area contributed by atoms with Crippen molar-refractivity contribution in [2.45, 2.75) is 49.8 Å². The van der Waals surface area contributed by atoms with Gasteiger partial charge in [0.1, 0.15) is 11.9 Å². The molecule has 2 heterocycles. The summed E-state index contributed by atoms with van der Waals surface area (Å²) in [5, 5.41) is 10.4. The van der Waals surface area contributed by atoms with Crippen LogP contribution in [0.15, 0.2) is 35.5 Å². The second-order valence-electron chi connectivity index (χ2n) is 7.19. The van der Waals surface area contributed by atoms with E-state index in [1.54, 1.807) is 0 Å². The third-order valence-corrected chi connectivity index (χ3v) is 5.68. The van der Waals surface area contributed by atoms with Gasteiger partial charge in [0.15, 0.2) is 0 Å². The molecular formula is C19H24FN5O5S. The van der Waals surface area contributed by atoms with Gasteiger partial charge < -0.3 is 20.1 Å². The van der Waals surface area contributed by atoms with Crippen molar-refractivity contribution < 1.29 is 27.1 Å². The van der Waals surface area contributed by atoms with Gasteiger partial charge in [-0.2, -0.15) is 0 Å². The highest BCUT2D eigenvalue weighted by molar-refractivity contribution is 7.89. The van der Waals surface area contributed by atoms with Crippen LogP contribution in [0.1, 0.15) is 38.4 Å². The molecule has 4 N–H and O–H groups in total. The molecule has 0 saturated carbocycles. The molecule has 1 fully saturated rings. The van der Waals surface area contributed by atoms with Crippen LogP contribution in [0.5, 0.6) is 0 Å². The number of alkyl carbamates (subject to hydrolysis) is 1. The summed E-state index contributed by atoms with van der Waals surface area (Å²) in [5.41, 5.74) is 0.682. The van der Waals surface area contributed by atoms with Gasteiger partial charge in [0, 0.05) is 30.4 Å². The van der Waals surface area contributed by atoms with Crippen molar-refractivity contribution in [3.63, 3.8) is 0 Å². The molecule has 1 aliphatic rings. The third kappa shape index (κ3) is 6.09. The molecule has 0 spiro atoms. The number of carbonyl (C=O) groups is 1. The summed E-state index contributed by atoms with van der Waals surface area (Å²) in [6.45, 7) is 4.12. The van der Waals surface area contributed by atoms with Crippen LogP contribution < -0.4 is 15.8 Å². The summed E-state index contributed by atoms with van der Waals surface area (Å²) in [6, 6.07) is 3.26. The molecule has 1 aromatic heterocycles. The van der Waals surface area contributed by atoms with Gasteiger partial charge >= 0.3 is 6.09 Å². The first-order chi connectivity index (χ1) is 14.7. The molecule has 12 heteroatoms. The van der Waals surface area contributed by atoms with E-state index in [2.05, 4.69) is 20.6 Å². The lowest BCUT2D eigenvalue weighted by Crippen LogP contribution is -2.35. The minimum atomic E-state index is -4.00. The molecule has 1 aromatic carbocycles. The number of carbonyl (C=O) groups excluding carboxylic acids is 1. The number of anilines is 2. The Morgan fingerprint density at radius 3 is 2.71 bits per heavy atom. The first-order valence-corrected chi connectivity index (χ1v) is 11.2. The number of nitrogens with two attached hydrogens (primary N) is 1. The van der Waals surface area contributed by atoms with E-state index in [1.165, 1.54) is 24.5 Å². The molecule has 0 bridgehead atoms. The van der Waals surface area contributed by atoms with Crippen LogP contribution in [0.25, 0.3) is 0 Å². The molecule has 3 atom stereocenters. The van der Waals surface area contributed by atoms with Crippen molar-refractivity contribution in [3.05, 3.63) is 42.0 Å². The number of hydrogen-bond donors (Lipinski definition) is 3. The largest absolute Gasteiger partial charge is 0.444 e. The van der Waals surface area contributed by atoms with Gasteiger partial charge in [-0.3, -0.25) is 0 Å². The predicted octanol–water partition coefficient (Wildman–Crippen LogP) is 2.36. The summed E-state index contributed by atoms with van der Waals surface area (Å²) in [4.78, 5) is 19.8. The fourth-order valence-electron chi connectivity index (χ4n) is 2.86. The summed E-state index contributed by atoms with van der Waals surface area (Å²) >= 11 is 0. The maximum atomic E-state index is 14.1. The summed E-state index contributed by atoms with van der Waals surface area (Å²) < 4.78 is 47.7. The van der Waals surface area contributed by atoms with Gasteiger partial charge in [-0.1, -0.05) is 6.92 Å². The molecule has 1 saturated heterocycles. The standard InChI is InChI=1S/C19H24FN5O5S/c1-3-11(2)24-19(26)30-13-6-17(29-10-13)12-8-22-18(23-9-12)25-16-5-4-14(7-15(16)20)31(21,27)28/h4-5,7-9,11,13,17H,3,6,10H2,1-2H3,(H,24,26)(H2,21,27,28)(H,22,23,25)/t11-,13+,17-/m0/s1. The second kappa shape index (κ2) is 9.54. The Labute approximate surface area is 179 Å². The molecule has 10 nitrogen and oxygen atoms in total. The highest BCUT2D eigenvalue weighted by atomic mass is 32.2. The molecule has 0 aliphatic carbocycles. The van der Waals surface area contributed by atoms with E-state index in [9.17, 15) is 17.6 Å². The molecule has 0 unspecified atom stereocenters. The first kappa shape index (κ1) is 22.8. The number of rotatable bonds is 7. The Balaban J connectivity index is 1.58. The number of ether oxygens (including phenoxy) is 2. The normalized spacial score (nSPS) is 19.6. The van der Waals surface area contributed by atoms with Gasteiger partial charge in [0.2, 0.25) is 16.0 Å². The van der Waals surface area contributed by atoms with Crippen LogP contribution in [0, 0.1) is 5.82 Å². The second-order valence-corrected chi connectivity index (χ2v) is 8.75. The number of benzene rings is 1. The molecule has 2 aromatic rings. The van der Waals surface area contributed by atoms with Crippen molar-refractivity contribution in [1.82, 2.24) is 15.3 Å². The summed E-state index contributed by atoms with van der Waals surface area (Å²) in [6.07, 6.45) is 3.13. The van der Waals surface area contributed by atoms with Crippen molar-refractivity contribution in [3.8, 4) is 0 Å². The van der Waals surface area contributed by atoms with E-state index >= 15 is 0 Å². The van der Waals surface area contributed by atoms with Crippen LogP contribution in [0.3, 0.4) is 0 Å². The van der Waals surface area contributed by atoms with E-state index in [0.29, 0.717) is 12.0 Å². The van der Waals surface area contributed by atoms with Gasteiger partial charge in [-0.05, 0) is 31.5 Å². The van der Waals surface area contributed by atoms with Crippen molar-refractivity contribution in [2.24, 2.45) is 5.14 Å². The molecule has 0 radical (unpaired) electrons. The van der Waals surface area contributed by atoms with Crippen molar-refractivity contribution in [2.75, 3.05) is 11.9 Å². The topological polar surface area (TPSA) is 146 Å². The van der Waals surface area contributed by atoms with E-state index in [1.807, 2.05) is 13.8 Å². The molecule has 168 valence electrons. The minimum Gasteiger partial charge on any atom is -0.444 e. The zero-order valence-electron chi connectivity index (χ0n) is 17.0. The Morgan fingerprint density at radius 1 is 1.39 bits per heavy atom. The third-order valence-electron chi connectivity index (χ3n) is 4.77. The Morgan fingerprint density at radius 2 is 2.10 bits per heavy atom. The number of aromatic nitrogens is 2. The molecule has 1 aliphatic heterocycles. The number of hydrogen-bond acceptors (Lipinski definition) is 8. The lowest BCUT2D eigenvalue weighted by Gasteiger charge is -2.15. The fourth-order valence-corrected chi connectivity index (χ4v) is 3.39. The average molecular weight is 453 g/mol. The van der Waals surface area contributed by atoms with E-state index in [0.717, 1.165) is 12.5 Å². The Kier molecular flexibility index (Phi) is 7.03. The van der Waals surface area contributed by atoms with Gasteiger partial charge in [-0.25, -0.2) is 32.7 Å². The average Bonchev–Trinajstić information content (AvgIpc) is 3.17. The summed E-state index contributed by atoms with van der Waals surface area (Å²) in [7, 11) is -4.00. The van der Waals surface area contributed by atoms with Gasteiger partial charge in [0.05, 0.1) is 23.3 Å². The lowest BCUT2D eigenvalue weighted by atomic mass is 10.1. The number of amides is 1. The maximum absolute atomic E-state index is 14.1. The SMILES string of the molecule is CC[C@H](C)NC(=O)O[C@H]1CO[C@H](c2cnc(Nc3ccc(S(N)(=O)=O)cc3F)nc2)C1. The first-order valence-electron chi connectivity index (χ1n) is 9.65. The van der Waals surface area contributed by atoms with Crippen LogP contribution >= 0.6 is 0 Å². The smallest absolute Gasteiger partial charge is 0.407 e. The lowest BCUT2D eigenvalue weighted by molar-refractivity contribution is 0.0686. The van der Waals surface area contributed by atoms with E-state index < -0.39 is 21.9 Å². The number of primary sulfonamides is 1. The van der Waals surface area contributed by atoms with Crippen LogP contribution in [-0.4, -0.2) is 43.2 Å². The van der Waals surface area contributed by atoms with E-state index in [-0.39, 0.29) is 41.4 Å². The molecule has 3 rings (SSSR count). The maximum Gasteiger partial charge on any atom is 0.407 e. The highest BCUT2D eigenvalue weighted by Gasteiger charge is 2.30. The quantitative estimate of drug-likeness (QED) is 0.579. The monoisotopic (exact) mass is 453 g/mol. The van der Waals surface area contributed by atoms with Crippen LogP contribution in [0.2, 0.25) is 0 Å². The predicted molar refractivity (Wildman–Crippen MR) is 110 cm³/mol.